The van der Waals surface area contributed by atoms with Crippen LogP contribution in [0.5, 0.6) is 0 Å². The number of fused-ring (bicyclic) bond motifs is 5. The molecule has 3 saturated carbocycles. The highest BCUT2D eigenvalue weighted by Gasteiger charge is 2.55. The van der Waals surface area contributed by atoms with Crippen LogP contribution in [0.4, 0.5) is 0 Å². The van der Waals surface area contributed by atoms with Crippen LogP contribution >= 0.6 is 0 Å². The van der Waals surface area contributed by atoms with Crippen molar-refractivity contribution in [3.63, 3.8) is 0 Å². The van der Waals surface area contributed by atoms with E-state index in [2.05, 4.69) is 19.9 Å². The predicted molar refractivity (Wildman–Crippen MR) is 80.9 cm³/mol. The molecule has 0 bridgehead atoms. The van der Waals surface area contributed by atoms with Crippen LogP contribution in [0.25, 0.3) is 0 Å². The van der Waals surface area contributed by atoms with Crippen LogP contribution in [0.2, 0.25) is 0 Å². The van der Waals surface area contributed by atoms with E-state index in [-0.39, 0.29) is 12.8 Å². The van der Waals surface area contributed by atoms with Crippen molar-refractivity contribution in [2.75, 3.05) is 0 Å². The van der Waals surface area contributed by atoms with Crippen LogP contribution in [0.3, 0.4) is 0 Å². The maximum absolute atomic E-state index is 8.48. The summed E-state index contributed by atoms with van der Waals surface area (Å²) in [5.74, 6) is 2.52. The topological polar surface area (TPSA) is 0 Å². The first-order valence-electron chi connectivity index (χ1n) is 9.66. The maximum atomic E-state index is 8.48. The van der Waals surface area contributed by atoms with Crippen molar-refractivity contribution in [3.05, 3.63) is 11.6 Å². The van der Waals surface area contributed by atoms with Gasteiger partial charge in [0.2, 0.25) is 0 Å². The Morgan fingerprint density at radius 1 is 1.11 bits per heavy atom. The lowest BCUT2D eigenvalue weighted by atomic mass is 9.47. The molecule has 0 aromatic rings. The van der Waals surface area contributed by atoms with E-state index in [0.29, 0.717) is 10.8 Å². The summed E-state index contributed by atoms with van der Waals surface area (Å²) in [5.41, 5.74) is 2.33. The second-order valence-corrected chi connectivity index (χ2v) is 8.13. The van der Waals surface area contributed by atoms with Crippen molar-refractivity contribution in [3.8, 4) is 0 Å². The van der Waals surface area contributed by atoms with Gasteiger partial charge in [0.1, 0.15) is 0 Å². The lowest BCUT2D eigenvalue weighted by Gasteiger charge is -2.57. The van der Waals surface area contributed by atoms with Gasteiger partial charge in [0.05, 0.1) is 0 Å². The summed E-state index contributed by atoms with van der Waals surface area (Å²) < 4.78 is 16.6. The van der Waals surface area contributed by atoms with E-state index in [9.17, 15) is 0 Å². The maximum Gasteiger partial charge on any atom is 0.0310 e. The normalized spacial score (nSPS) is 62.2. The van der Waals surface area contributed by atoms with Crippen molar-refractivity contribution in [2.24, 2.45) is 28.6 Å². The number of hydrogen-bond acceptors (Lipinski definition) is 0. The first kappa shape index (κ1) is 10.5. The summed E-state index contributed by atoms with van der Waals surface area (Å²) in [5, 5.41) is 0. The van der Waals surface area contributed by atoms with Crippen LogP contribution in [-0.4, -0.2) is 0 Å². The Morgan fingerprint density at radius 3 is 2.89 bits per heavy atom. The highest BCUT2D eigenvalue weighted by Crippen LogP contribution is 2.65. The summed E-state index contributed by atoms with van der Waals surface area (Å²) >= 11 is 0. The Bertz CT molecular complexity index is 470. The smallest absolute Gasteiger partial charge is 0.0310 e. The fraction of sp³-hybridized carbons (Fsp3) is 0.895. The molecule has 4 aliphatic rings. The molecule has 7 atom stereocenters. The van der Waals surface area contributed by atoms with E-state index in [1.54, 1.807) is 5.57 Å². The first-order valence-corrected chi connectivity index (χ1v) is 8.51. The Balaban J connectivity index is 1.67. The van der Waals surface area contributed by atoms with Gasteiger partial charge in [0, 0.05) is 2.74 Å². The zero-order valence-corrected chi connectivity index (χ0v) is 12.6. The van der Waals surface area contributed by atoms with E-state index >= 15 is 0 Å². The van der Waals surface area contributed by atoms with Gasteiger partial charge >= 0.3 is 0 Å². The van der Waals surface area contributed by atoms with Gasteiger partial charge in [0.25, 0.3) is 0 Å². The van der Waals surface area contributed by atoms with E-state index in [0.717, 1.165) is 30.6 Å². The molecular formula is C19H30. The Hall–Kier alpha value is -0.260. The van der Waals surface area contributed by atoms with Gasteiger partial charge in [-0.05, 0) is 86.3 Å². The lowest BCUT2D eigenvalue weighted by Crippen LogP contribution is -2.48. The molecule has 2 unspecified atom stereocenters. The molecule has 0 aromatic heterocycles. The van der Waals surface area contributed by atoms with Gasteiger partial charge in [-0.25, -0.2) is 0 Å². The summed E-state index contributed by atoms with van der Waals surface area (Å²) in [6, 6.07) is 0. The SMILES string of the molecule is [2H]C1C=C2CC[C@@H]3[C@H](CC[C@]4(C)C([2H])CC[C@@H]34)[C@@]2(C)CC1. The second kappa shape index (κ2) is 4.12. The first-order chi connectivity index (χ1) is 9.95. The van der Waals surface area contributed by atoms with E-state index in [1.165, 1.54) is 38.5 Å². The molecule has 0 N–H and O–H groups in total. The third-order valence-corrected chi connectivity index (χ3v) is 7.41. The van der Waals surface area contributed by atoms with Gasteiger partial charge in [-0.1, -0.05) is 31.9 Å². The molecule has 0 heterocycles. The summed E-state index contributed by atoms with van der Waals surface area (Å²) in [6.45, 7) is 4.93. The van der Waals surface area contributed by atoms with Gasteiger partial charge in [-0.2, -0.15) is 0 Å². The number of allylic oxidation sites excluding steroid dienone is 2. The zero-order chi connectivity index (χ0) is 14.8. The van der Waals surface area contributed by atoms with Crippen molar-refractivity contribution in [1.82, 2.24) is 0 Å². The molecule has 4 aliphatic carbocycles. The molecule has 4 rings (SSSR count). The van der Waals surface area contributed by atoms with Crippen molar-refractivity contribution < 1.29 is 2.74 Å². The molecule has 19 heavy (non-hydrogen) atoms. The Kier molecular flexibility index (Phi) is 2.27. The Labute approximate surface area is 121 Å². The molecule has 0 amide bonds. The molecule has 0 nitrogen and oxygen atoms in total. The molecule has 0 heteroatoms. The van der Waals surface area contributed by atoms with E-state index in [4.69, 9.17) is 2.74 Å². The second-order valence-electron chi connectivity index (χ2n) is 8.13. The molecule has 3 fully saturated rings. The third-order valence-electron chi connectivity index (χ3n) is 7.41. The molecule has 0 aromatic carbocycles. The minimum atomic E-state index is 0.0579. The molecular weight excluding hydrogens is 228 g/mol. The minimum Gasteiger partial charge on any atom is -0.0848 e. The van der Waals surface area contributed by atoms with Gasteiger partial charge in [-0.15, -0.1) is 0 Å². The van der Waals surface area contributed by atoms with Gasteiger partial charge < -0.3 is 0 Å². The molecule has 0 radical (unpaired) electrons. The van der Waals surface area contributed by atoms with Crippen LogP contribution < -0.4 is 0 Å². The fourth-order valence-electron chi connectivity index (χ4n) is 6.29. The molecule has 0 saturated heterocycles. The number of rotatable bonds is 0. The largest absolute Gasteiger partial charge is 0.0848 e. The molecule has 0 aliphatic heterocycles. The Morgan fingerprint density at radius 2 is 2.00 bits per heavy atom. The van der Waals surface area contributed by atoms with Gasteiger partial charge in [-0.3, -0.25) is 0 Å². The fourth-order valence-corrected chi connectivity index (χ4v) is 6.29. The quantitative estimate of drug-likeness (QED) is 0.488. The predicted octanol–water partition coefficient (Wildman–Crippen LogP) is 5.73. The number of hydrogen-bond donors (Lipinski definition) is 0. The van der Waals surface area contributed by atoms with Crippen molar-refractivity contribution in [2.45, 2.75) is 78.0 Å². The average Bonchev–Trinajstić information content (AvgIpc) is 2.76. The van der Waals surface area contributed by atoms with Crippen LogP contribution in [0.1, 0.15) is 80.7 Å². The van der Waals surface area contributed by atoms with Gasteiger partial charge in [0.15, 0.2) is 0 Å². The minimum absolute atomic E-state index is 0.0579. The summed E-state index contributed by atoms with van der Waals surface area (Å²) in [6.07, 6.45) is 12.5. The summed E-state index contributed by atoms with van der Waals surface area (Å²) in [7, 11) is 0. The lowest BCUT2D eigenvalue weighted by molar-refractivity contribution is -0.0360. The highest BCUT2D eigenvalue weighted by atomic mass is 14.6. The van der Waals surface area contributed by atoms with Crippen LogP contribution in [0, 0.1) is 28.6 Å². The van der Waals surface area contributed by atoms with E-state index < -0.39 is 0 Å². The average molecular weight is 260 g/mol. The van der Waals surface area contributed by atoms with Crippen LogP contribution in [0.15, 0.2) is 11.6 Å². The molecule has 106 valence electrons. The van der Waals surface area contributed by atoms with Crippen molar-refractivity contribution >= 4 is 0 Å². The van der Waals surface area contributed by atoms with Crippen molar-refractivity contribution in [1.29, 1.82) is 0 Å². The highest BCUT2D eigenvalue weighted by molar-refractivity contribution is 5.23. The summed E-state index contributed by atoms with van der Waals surface area (Å²) in [4.78, 5) is 0. The van der Waals surface area contributed by atoms with E-state index in [1.807, 2.05) is 0 Å². The van der Waals surface area contributed by atoms with Crippen LogP contribution in [-0.2, 0) is 0 Å². The zero-order valence-electron chi connectivity index (χ0n) is 14.6. The monoisotopic (exact) mass is 260 g/mol. The molecule has 0 spiro atoms. The standard InChI is InChI=1S/C19H30/c1-18-11-5-7-16(18)15-9-8-14-6-3-4-12-19(14,2)17(15)10-13-18/h6,15-17H,3-5,7-13H2,1-2H3/t15-,16-,17-,18-,19-/m0/s1/i3D,11D/t3?,11?,15-,16-,17-,18-,19-. The third kappa shape index (κ3) is 1.64.